The van der Waals surface area contributed by atoms with Crippen molar-refractivity contribution in [2.75, 3.05) is 13.2 Å². The maximum Gasteiger partial charge on any atom is 0.161 e. The fourth-order valence-corrected chi connectivity index (χ4v) is 1.44. The lowest BCUT2D eigenvalue weighted by Crippen LogP contribution is -2.27. The van der Waals surface area contributed by atoms with Crippen molar-refractivity contribution in [3.05, 3.63) is 0 Å². The second-order valence-electron chi connectivity index (χ2n) is 4.42. The predicted octanol–water partition coefficient (Wildman–Crippen LogP) is 3.69. The summed E-state index contributed by atoms with van der Waals surface area (Å²) in [5, 5.41) is 0. The molecule has 0 radical (unpaired) electrons. The van der Waals surface area contributed by atoms with Gasteiger partial charge in [-0.1, -0.05) is 26.7 Å². The predicted molar refractivity (Wildman–Crippen MR) is 72.3 cm³/mol. The lowest BCUT2D eigenvalue weighted by Gasteiger charge is -2.23. The maximum absolute atomic E-state index is 5.55. The molecule has 110 valence electrons. The molecule has 2 atom stereocenters. The summed E-state index contributed by atoms with van der Waals surface area (Å²) in [6, 6.07) is 0. The van der Waals surface area contributed by atoms with Gasteiger partial charge in [-0.2, -0.15) is 0 Å². The zero-order chi connectivity index (χ0) is 13.8. The minimum Gasteiger partial charge on any atom is -0.353 e. The van der Waals surface area contributed by atoms with Crippen LogP contribution < -0.4 is 0 Å². The summed E-state index contributed by atoms with van der Waals surface area (Å²) in [6.45, 7) is 11.4. The average Bonchev–Trinajstić information content (AvgIpc) is 2.29. The van der Waals surface area contributed by atoms with E-state index in [1.807, 2.05) is 20.8 Å². The van der Waals surface area contributed by atoms with Gasteiger partial charge in [-0.15, -0.1) is 0 Å². The summed E-state index contributed by atoms with van der Waals surface area (Å²) in [7, 11) is 0. The van der Waals surface area contributed by atoms with E-state index in [1.54, 1.807) is 0 Å². The van der Waals surface area contributed by atoms with Crippen molar-refractivity contribution in [3.8, 4) is 0 Å². The molecule has 0 saturated carbocycles. The number of rotatable bonds is 12. The van der Waals surface area contributed by atoms with Crippen LogP contribution in [0.5, 0.6) is 0 Å². The van der Waals surface area contributed by atoms with Crippen LogP contribution in [-0.2, 0) is 18.9 Å². The molecule has 4 nitrogen and oxygen atoms in total. The highest BCUT2D eigenvalue weighted by atomic mass is 16.8. The molecular weight excluding hydrogens is 232 g/mol. The summed E-state index contributed by atoms with van der Waals surface area (Å²) < 4.78 is 22.1. The Morgan fingerprint density at radius 1 is 0.667 bits per heavy atom. The fraction of sp³-hybridized carbons (Fsp3) is 1.00. The molecule has 0 heterocycles. The van der Waals surface area contributed by atoms with Gasteiger partial charge in [0.25, 0.3) is 0 Å². The highest BCUT2D eigenvalue weighted by molar-refractivity contribution is 4.41. The molecule has 0 N–H and O–H groups in total. The molecular formula is C14H30O4. The van der Waals surface area contributed by atoms with Gasteiger partial charge in [-0.3, -0.25) is 0 Å². The van der Waals surface area contributed by atoms with Gasteiger partial charge in [0.05, 0.1) is 0 Å². The van der Waals surface area contributed by atoms with E-state index >= 15 is 0 Å². The zero-order valence-corrected chi connectivity index (χ0v) is 12.6. The van der Waals surface area contributed by atoms with Gasteiger partial charge < -0.3 is 18.9 Å². The Hall–Kier alpha value is -0.160. The van der Waals surface area contributed by atoms with Crippen LogP contribution in [0.4, 0.5) is 0 Å². The van der Waals surface area contributed by atoms with Crippen molar-refractivity contribution in [3.63, 3.8) is 0 Å². The van der Waals surface area contributed by atoms with Crippen molar-refractivity contribution in [1.82, 2.24) is 0 Å². The van der Waals surface area contributed by atoms with Gasteiger partial charge in [-0.05, 0) is 33.6 Å². The molecule has 0 aromatic rings. The van der Waals surface area contributed by atoms with Crippen LogP contribution in [0.2, 0.25) is 0 Å². The molecule has 0 saturated heterocycles. The van der Waals surface area contributed by atoms with Crippen molar-refractivity contribution in [1.29, 1.82) is 0 Å². The van der Waals surface area contributed by atoms with Gasteiger partial charge in [-0.25, -0.2) is 0 Å². The smallest absolute Gasteiger partial charge is 0.161 e. The molecule has 0 rings (SSSR count). The first-order valence-corrected chi connectivity index (χ1v) is 7.14. The summed E-state index contributed by atoms with van der Waals surface area (Å²) in [6.07, 6.45) is 3.56. The Kier molecular flexibility index (Phi) is 11.8. The van der Waals surface area contributed by atoms with Crippen LogP contribution in [0.3, 0.4) is 0 Å². The first kappa shape index (κ1) is 17.8. The summed E-state index contributed by atoms with van der Waals surface area (Å²) in [5.74, 6) is 0. The Morgan fingerprint density at radius 2 is 1.06 bits per heavy atom. The number of ether oxygens (including phenoxy) is 4. The fourth-order valence-electron chi connectivity index (χ4n) is 1.44. The van der Waals surface area contributed by atoms with E-state index in [4.69, 9.17) is 18.9 Å². The van der Waals surface area contributed by atoms with Crippen molar-refractivity contribution < 1.29 is 18.9 Å². The van der Waals surface area contributed by atoms with Gasteiger partial charge in [0.2, 0.25) is 0 Å². The standard InChI is InChI=1S/C14H30O4/c1-6-8-10-15-12(3)17-14(5)18-13(4)16-11-9-7-2/h12-14H,6-11H2,1-5H3. The maximum atomic E-state index is 5.55. The number of unbranched alkanes of at least 4 members (excludes halogenated alkanes) is 2. The first-order chi connectivity index (χ1) is 8.60. The van der Waals surface area contributed by atoms with Gasteiger partial charge in [0.1, 0.15) is 0 Å². The van der Waals surface area contributed by atoms with E-state index < -0.39 is 0 Å². The summed E-state index contributed by atoms with van der Waals surface area (Å²) in [4.78, 5) is 0. The molecule has 0 aromatic carbocycles. The van der Waals surface area contributed by atoms with Crippen LogP contribution in [0.15, 0.2) is 0 Å². The molecule has 0 aliphatic rings. The normalized spacial score (nSPS) is 16.5. The Balaban J connectivity index is 3.58. The molecule has 0 spiro atoms. The largest absolute Gasteiger partial charge is 0.353 e. The SMILES string of the molecule is CCCCOC(C)OC(C)OC(C)OCCCC. The quantitative estimate of drug-likeness (QED) is 0.397. The van der Waals surface area contributed by atoms with Gasteiger partial charge in [0.15, 0.2) is 18.9 Å². The molecule has 0 aromatic heterocycles. The Bertz CT molecular complexity index is 157. The molecule has 0 aliphatic carbocycles. The van der Waals surface area contributed by atoms with Crippen LogP contribution in [0, 0.1) is 0 Å². The molecule has 4 heteroatoms. The minimum atomic E-state index is -0.321. The lowest BCUT2D eigenvalue weighted by molar-refractivity contribution is -0.279. The van der Waals surface area contributed by atoms with Crippen LogP contribution >= 0.6 is 0 Å². The first-order valence-electron chi connectivity index (χ1n) is 7.14. The van der Waals surface area contributed by atoms with Gasteiger partial charge in [0, 0.05) is 13.2 Å². The molecule has 0 bridgehead atoms. The second-order valence-corrected chi connectivity index (χ2v) is 4.42. The van der Waals surface area contributed by atoms with E-state index in [9.17, 15) is 0 Å². The number of hydrogen-bond donors (Lipinski definition) is 0. The minimum absolute atomic E-state index is 0.241. The molecule has 18 heavy (non-hydrogen) atoms. The van der Waals surface area contributed by atoms with E-state index in [2.05, 4.69) is 13.8 Å². The Labute approximate surface area is 112 Å². The molecule has 0 fully saturated rings. The highest BCUT2D eigenvalue weighted by Crippen LogP contribution is 2.07. The van der Waals surface area contributed by atoms with Crippen LogP contribution in [0.1, 0.15) is 60.3 Å². The molecule has 0 aliphatic heterocycles. The number of hydrogen-bond acceptors (Lipinski definition) is 4. The van der Waals surface area contributed by atoms with Crippen LogP contribution in [0.25, 0.3) is 0 Å². The van der Waals surface area contributed by atoms with Crippen molar-refractivity contribution in [2.45, 2.75) is 79.2 Å². The lowest BCUT2D eigenvalue weighted by atomic mass is 10.4. The summed E-state index contributed by atoms with van der Waals surface area (Å²) in [5.41, 5.74) is 0. The van der Waals surface area contributed by atoms with Crippen molar-refractivity contribution in [2.24, 2.45) is 0 Å². The summed E-state index contributed by atoms with van der Waals surface area (Å²) >= 11 is 0. The van der Waals surface area contributed by atoms with E-state index in [0.29, 0.717) is 0 Å². The average molecular weight is 262 g/mol. The Morgan fingerprint density at radius 3 is 1.39 bits per heavy atom. The van der Waals surface area contributed by atoms with E-state index in [0.717, 1.165) is 38.9 Å². The topological polar surface area (TPSA) is 36.9 Å². The monoisotopic (exact) mass is 262 g/mol. The third kappa shape index (κ3) is 11.0. The molecule has 0 amide bonds. The third-order valence-corrected chi connectivity index (χ3v) is 2.47. The van der Waals surface area contributed by atoms with Crippen LogP contribution in [-0.4, -0.2) is 32.1 Å². The van der Waals surface area contributed by atoms with Gasteiger partial charge >= 0.3 is 0 Å². The van der Waals surface area contributed by atoms with Crippen molar-refractivity contribution >= 4 is 0 Å². The second kappa shape index (κ2) is 11.9. The highest BCUT2D eigenvalue weighted by Gasteiger charge is 2.12. The van der Waals surface area contributed by atoms with E-state index in [-0.39, 0.29) is 18.9 Å². The zero-order valence-electron chi connectivity index (χ0n) is 12.6. The van der Waals surface area contributed by atoms with E-state index in [1.165, 1.54) is 0 Å². The third-order valence-electron chi connectivity index (χ3n) is 2.47. The molecule has 2 unspecified atom stereocenters.